The monoisotopic (exact) mass is 452 g/mol. The van der Waals surface area contributed by atoms with E-state index in [4.69, 9.17) is 28.4 Å². The molecule has 2 rings (SSSR count). The van der Waals surface area contributed by atoms with Crippen molar-refractivity contribution in [2.45, 2.75) is 58.4 Å². The Kier molecular flexibility index (Phi) is 8.71. The minimum Gasteiger partial charge on any atom is -0.484 e. The largest absolute Gasteiger partial charge is 0.484 e. The van der Waals surface area contributed by atoms with Crippen LogP contribution >= 0.6 is 0 Å². The summed E-state index contributed by atoms with van der Waals surface area (Å²) >= 11 is 0. The van der Waals surface area contributed by atoms with Crippen molar-refractivity contribution in [1.29, 1.82) is 0 Å². The number of hydrogen-bond donors (Lipinski definition) is 0. The van der Waals surface area contributed by atoms with Crippen molar-refractivity contribution in [2.24, 2.45) is 0 Å². The Morgan fingerprint density at radius 2 is 1.38 bits per heavy atom. The first kappa shape index (κ1) is 24.8. The zero-order valence-electron chi connectivity index (χ0n) is 18.0. The smallest absolute Gasteiger partial charge is 0.305 e. The Morgan fingerprint density at radius 1 is 0.812 bits per heavy atom. The highest BCUT2D eigenvalue weighted by Gasteiger charge is 2.53. The van der Waals surface area contributed by atoms with E-state index >= 15 is 0 Å². The van der Waals surface area contributed by atoms with Gasteiger partial charge in [-0.1, -0.05) is 0 Å². The molecule has 5 atom stereocenters. The first-order valence-electron chi connectivity index (χ1n) is 9.63. The van der Waals surface area contributed by atoms with Gasteiger partial charge in [-0.2, -0.15) is 0 Å². The van der Waals surface area contributed by atoms with Crippen LogP contribution in [0.4, 0.5) is 0 Å². The van der Waals surface area contributed by atoms with Crippen LogP contribution in [0.5, 0.6) is 5.75 Å². The molecule has 0 aliphatic carbocycles. The molecular formula is C21H24O11. The Morgan fingerprint density at radius 3 is 1.88 bits per heavy atom. The SMILES string of the molecule is CC(=O)OC[C@H]1OC(OC(C)=O)[C@H](OC(C)=O)[C@@H](OC(C)=O)[C@@H]1Oc1ccc(C=O)cc1. The van der Waals surface area contributed by atoms with Gasteiger partial charge in [-0.3, -0.25) is 24.0 Å². The lowest BCUT2D eigenvalue weighted by Gasteiger charge is -2.44. The maximum atomic E-state index is 11.8. The van der Waals surface area contributed by atoms with E-state index in [1.807, 2.05) is 0 Å². The maximum absolute atomic E-state index is 11.8. The van der Waals surface area contributed by atoms with E-state index in [2.05, 4.69) is 0 Å². The van der Waals surface area contributed by atoms with Gasteiger partial charge in [0.1, 0.15) is 24.7 Å². The Labute approximate surface area is 183 Å². The molecule has 0 N–H and O–H groups in total. The summed E-state index contributed by atoms with van der Waals surface area (Å²) in [4.78, 5) is 57.4. The van der Waals surface area contributed by atoms with Crippen molar-refractivity contribution < 1.29 is 52.4 Å². The molecule has 1 aliphatic rings. The molecule has 0 aromatic heterocycles. The van der Waals surface area contributed by atoms with Gasteiger partial charge in [-0.05, 0) is 24.3 Å². The summed E-state index contributed by atoms with van der Waals surface area (Å²) in [6, 6.07) is 5.99. The number of hydrogen-bond acceptors (Lipinski definition) is 11. The van der Waals surface area contributed by atoms with Crippen LogP contribution in [0.25, 0.3) is 0 Å². The standard InChI is InChI=1S/C21H24O11/c1-11(23)27-10-17-18(31-16-7-5-15(9-22)6-8-16)19(28-12(2)24)20(29-13(3)25)21(32-17)30-14(4)26/h5-9,17-21H,10H2,1-4H3/t17-,18-,19+,20-,21?/m1/s1. The van der Waals surface area contributed by atoms with E-state index in [9.17, 15) is 24.0 Å². The van der Waals surface area contributed by atoms with Gasteiger partial charge in [-0.15, -0.1) is 0 Å². The van der Waals surface area contributed by atoms with Gasteiger partial charge in [0.15, 0.2) is 12.2 Å². The van der Waals surface area contributed by atoms with Crippen molar-refractivity contribution in [3.63, 3.8) is 0 Å². The summed E-state index contributed by atoms with van der Waals surface area (Å²) in [6.07, 6.45) is -5.69. The highest BCUT2D eigenvalue weighted by Crippen LogP contribution is 2.31. The zero-order chi connectivity index (χ0) is 23.8. The average Bonchev–Trinajstić information content (AvgIpc) is 2.70. The molecule has 1 saturated heterocycles. The van der Waals surface area contributed by atoms with Crippen LogP contribution in [0, 0.1) is 0 Å². The molecule has 0 amide bonds. The number of carbonyl (C=O) groups is 5. The quantitative estimate of drug-likeness (QED) is 0.316. The predicted octanol–water partition coefficient (Wildman–Crippen LogP) is 0.961. The molecule has 1 aliphatic heterocycles. The van der Waals surface area contributed by atoms with E-state index < -0.39 is 54.6 Å². The highest BCUT2D eigenvalue weighted by atomic mass is 16.7. The predicted molar refractivity (Wildman–Crippen MR) is 104 cm³/mol. The lowest BCUT2D eigenvalue weighted by atomic mass is 9.98. The maximum Gasteiger partial charge on any atom is 0.305 e. The van der Waals surface area contributed by atoms with Crippen molar-refractivity contribution in [3.8, 4) is 5.75 Å². The number of esters is 4. The van der Waals surface area contributed by atoms with E-state index in [1.54, 1.807) is 0 Å². The first-order valence-corrected chi connectivity index (χ1v) is 9.63. The summed E-state index contributed by atoms with van der Waals surface area (Å²) < 4.78 is 32.4. The Hall–Kier alpha value is -3.47. The molecule has 1 heterocycles. The minimum absolute atomic E-state index is 0.265. The van der Waals surface area contributed by atoms with E-state index in [0.717, 1.165) is 20.8 Å². The van der Waals surface area contributed by atoms with Crippen LogP contribution < -0.4 is 4.74 Å². The lowest BCUT2D eigenvalue weighted by molar-refractivity contribution is -0.294. The number of benzene rings is 1. The van der Waals surface area contributed by atoms with Crippen LogP contribution in [0.2, 0.25) is 0 Å². The fourth-order valence-electron chi connectivity index (χ4n) is 3.04. The van der Waals surface area contributed by atoms with Gasteiger partial charge in [0.05, 0.1) is 0 Å². The van der Waals surface area contributed by atoms with Gasteiger partial charge in [-0.25, -0.2) is 0 Å². The van der Waals surface area contributed by atoms with Crippen molar-refractivity contribution >= 4 is 30.2 Å². The van der Waals surface area contributed by atoms with Gasteiger partial charge < -0.3 is 28.4 Å². The van der Waals surface area contributed by atoms with Gasteiger partial charge in [0.25, 0.3) is 0 Å². The fourth-order valence-corrected chi connectivity index (χ4v) is 3.04. The lowest BCUT2D eigenvalue weighted by Crippen LogP contribution is -2.63. The third kappa shape index (κ3) is 7.05. The molecule has 11 nitrogen and oxygen atoms in total. The van der Waals surface area contributed by atoms with Gasteiger partial charge >= 0.3 is 23.9 Å². The molecule has 1 fully saturated rings. The molecule has 0 radical (unpaired) electrons. The van der Waals surface area contributed by atoms with E-state index in [0.29, 0.717) is 11.8 Å². The molecule has 1 aromatic rings. The second kappa shape index (κ2) is 11.2. The first-order chi connectivity index (χ1) is 15.1. The van der Waals surface area contributed by atoms with Crippen molar-refractivity contribution in [2.75, 3.05) is 6.61 Å². The molecular weight excluding hydrogens is 428 g/mol. The summed E-state index contributed by atoms with van der Waals surface area (Å²) in [5, 5.41) is 0. The highest BCUT2D eigenvalue weighted by molar-refractivity contribution is 5.74. The third-order valence-corrected chi connectivity index (χ3v) is 4.22. The van der Waals surface area contributed by atoms with Crippen LogP contribution in [0.1, 0.15) is 38.1 Å². The zero-order valence-corrected chi connectivity index (χ0v) is 18.0. The van der Waals surface area contributed by atoms with Crippen LogP contribution in [0.3, 0.4) is 0 Å². The van der Waals surface area contributed by atoms with Gasteiger partial charge in [0.2, 0.25) is 12.4 Å². The molecule has 32 heavy (non-hydrogen) atoms. The average molecular weight is 452 g/mol. The van der Waals surface area contributed by atoms with Crippen LogP contribution in [-0.4, -0.2) is 67.5 Å². The topological polar surface area (TPSA) is 141 Å². The second-order valence-electron chi connectivity index (χ2n) is 6.87. The molecule has 0 saturated carbocycles. The van der Waals surface area contributed by atoms with E-state index in [1.165, 1.54) is 31.2 Å². The van der Waals surface area contributed by atoms with Crippen molar-refractivity contribution in [1.82, 2.24) is 0 Å². The molecule has 1 aromatic carbocycles. The third-order valence-electron chi connectivity index (χ3n) is 4.22. The summed E-state index contributed by atoms with van der Waals surface area (Å²) in [7, 11) is 0. The van der Waals surface area contributed by atoms with Gasteiger partial charge in [0, 0.05) is 33.3 Å². The van der Waals surface area contributed by atoms with Crippen molar-refractivity contribution in [3.05, 3.63) is 29.8 Å². The second-order valence-corrected chi connectivity index (χ2v) is 6.87. The summed E-state index contributed by atoms with van der Waals surface area (Å²) in [5.74, 6) is -2.57. The Bertz CT molecular complexity index is 848. The number of rotatable bonds is 8. The number of ether oxygens (including phenoxy) is 6. The molecule has 11 heteroatoms. The minimum atomic E-state index is -1.46. The van der Waals surface area contributed by atoms with Crippen LogP contribution in [0.15, 0.2) is 24.3 Å². The summed E-state index contributed by atoms with van der Waals surface area (Å²) in [5.41, 5.74) is 0.401. The normalized spacial score (nSPS) is 24.6. The molecule has 0 spiro atoms. The molecule has 0 bridgehead atoms. The fraction of sp³-hybridized carbons (Fsp3) is 0.476. The number of aldehydes is 1. The molecule has 174 valence electrons. The van der Waals surface area contributed by atoms with Crippen LogP contribution in [-0.2, 0) is 42.9 Å². The Balaban J connectivity index is 2.46. The van der Waals surface area contributed by atoms with E-state index in [-0.39, 0.29) is 12.4 Å². The molecule has 1 unspecified atom stereocenters. The number of carbonyl (C=O) groups excluding carboxylic acids is 5. The summed E-state index contributed by atoms with van der Waals surface area (Å²) in [6.45, 7) is 4.22.